The molecular weight excluding hydrogens is 390 g/mol. The fourth-order valence-corrected chi connectivity index (χ4v) is 3.39. The lowest BCUT2D eigenvalue weighted by molar-refractivity contribution is 0.171. The molecular formula is C23H22ClNO4. The number of benzene rings is 3. The largest absolute Gasteiger partial charge is 0.493 e. The molecule has 0 saturated carbocycles. The van der Waals surface area contributed by atoms with Crippen molar-refractivity contribution in [1.29, 1.82) is 0 Å². The summed E-state index contributed by atoms with van der Waals surface area (Å²) >= 11 is 6.49. The third-order valence-electron chi connectivity index (χ3n) is 4.55. The first-order valence-electron chi connectivity index (χ1n) is 9.39. The number of ether oxygens (including phenoxy) is 4. The summed E-state index contributed by atoms with van der Waals surface area (Å²) in [6.07, 6.45) is 0. The first kappa shape index (κ1) is 19.3. The van der Waals surface area contributed by atoms with Gasteiger partial charge in [-0.05, 0) is 35.4 Å². The summed E-state index contributed by atoms with van der Waals surface area (Å²) in [6.45, 7) is 2.14. The average molecular weight is 412 g/mol. The molecule has 1 aliphatic rings. The quantitative estimate of drug-likeness (QED) is 0.570. The average Bonchev–Trinajstić information content (AvgIpc) is 2.77. The smallest absolute Gasteiger partial charge is 0.180 e. The highest BCUT2D eigenvalue weighted by atomic mass is 35.5. The topological polar surface area (TPSA) is 49.0 Å². The van der Waals surface area contributed by atoms with E-state index in [1.165, 1.54) is 0 Å². The van der Waals surface area contributed by atoms with Crippen molar-refractivity contribution in [3.05, 3.63) is 76.8 Å². The Bertz CT molecular complexity index is 978. The molecule has 5 nitrogen and oxygen atoms in total. The number of methoxy groups -OCH3 is 1. The molecule has 6 heteroatoms. The molecule has 0 aromatic heterocycles. The minimum Gasteiger partial charge on any atom is -0.493 e. The third-order valence-corrected chi connectivity index (χ3v) is 4.83. The van der Waals surface area contributed by atoms with E-state index in [-0.39, 0.29) is 0 Å². The molecule has 0 bridgehead atoms. The second-order valence-corrected chi connectivity index (χ2v) is 7.00. The lowest BCUT2D eigenvalue weighted by atomic mass is 10.2. The molecule has 1 aliphatic heterocycles. The highest BCUT2D eigenvalue weighted by Gasteiger charge is 2.14. The van der Waals surface area contributed by atoms with Crippen LogP contribution >= 0.6 is 11.6 Å². The fraction of sp³-hybridized carbons (Fsp3) is 0.217. The van der Waals surface area contributed by atoms with Gasteiger partial charge < -0.3 is 24.3 Å². The molecule has 0 fully saturated rings. The number of nitrogens with one attached hydrogen (secondary N) is 1. The van der Waals surface area contributed by atoms with Crippen molar-refractivity contribution in [1.82, 2.24) is 0 Å². The Morgan fingerprint density at radius 1 is 0.931 bits per heavy atom. The van der Waals surface area contributed by atoms with Gasteiger partial charge in [-0.2, -0.15) is 0 Å². The van der Waals surface area contributed by atoms with E-state index in [1.807, 2.05) is 60.7 Å². The van der Waals surface area contributed by atoms with E-state index in [4.69, 9.17) is 30.5 Å². The summed E-state index contributed by atoms with van der Waals surface area (Å²) in [5, 5.41) is 3.89. The summed E-state index contributed by atoms with van der Waals surface area (Å²) in [7, 11) is 1.61. The van der Waals surface area contributed by atoms with E-state index in [0.29, 0.717) is 42.9 Å². The van der Waals surface area contributed by atoms with Gasteiger partial charge in [-0.1, -0.05) is 41.9 Å². The number of hydrogen-bond acceptors (Lipinski definition) is 5. The van der Waals surface area contributed by atoms with Crippen LogP contribution in [0.15, 0.2) is 60.7 Å². The Balaban J connectivity index is 1.45. The Hall–Kier alpha value is -3.05. The molecule has 0 amide bonds. The van der Waals surface area contributed by atoms with E-state index in [0.717, 1.165) is 28.3 Å². The Kier molecular flexibility index (Phi) is 5.96. The van der Waals surface area contributed by atoms with E-state index >= 15 is 0 Å². The maximum atomic E-state index is 6.49. The summed E-state index contributed by atoms with van der Waals surface area (Å²) in [5.74, 6) is 2.67. The van der Waals surface area contributed by atoms with Gasteiger partial charge in [0, 0.05) is 18.3 Å². The molecule has 1 heterocycles. The van der Waals surface area contributed by atoms with Crippen LogP contribution in [0.4, 0.5) is 5.69 Å². The fourth-order valence-electron chi connectivity index (χ4n) is 3.10. The van der Waals surface area contributed by atoms with Gasteiger partial charge in [0.05, 0.1) is 12.1 Å². The Morgan fingerprint density at radius 2 is 1.72 bits per heavy atom. The van der Waals surface area contributed by atoms with Crippen molar-refractivity contribution in [2.45, 2.75) is 13.2 Å². The van der Waals surface area contributed by atoms with Crippen molar-refractivity contribution < 1.29 is 18.9 Å². The first-order chi connectivity index (χ1) is 14.2. The molecule has 0 spiro atoms. The van der Waals surface area contributed by atoms with E-state index in [2.05, 4.69) is 5.32 Å². The van der Waals surface area contributed by atoms with Gasteiger partial charge in [0.15, 0.2) is 23.0 Å². The predicted octanol–water partition coefficient (Wildman–Crippen LogP) is 5.31. The number of anilines is 1. The molecule has 0 radical (unpaired) electrons. The van der Waals surface area contributed by atoms with Gasteiger partial charge in [-0.25, -0.2) is 0 Å². The van der Waals surface area contributed by atoms with Crippen LogP contribution in [-0.2, 0) is 13.2 Å². The molecule has 3 aromatic carbocycles. The Morgan fingerprint density at radius 3 is 2.52 bits per heavy atom. The molecule has 150 valence electrons. The molecule has 4 rings (SSSR count). The van der Waals surface area contributed by atoms with Gasteiger partial charge in [-0.15, -0.1) is 0 Å². The molecule has 0 aliphatic carbocycles. The Labute approximate surface area is 175 Å². The molecule has 0 saturated heterocycles. The third kappa shape index (κ3) is 4.69. The lowest BCUT2D eigenvalue weighted by Gasteiger charge is -2.19. The number of fused-ring (bicyclic) bond motifs is 1. The van der Waals surface area contributed by atoms with Crippen LogP contribution in [-0.4, -0.2) is 20.3 Å². The monoisotopic (exact) mass is 411 g/mol. The van der Waals surface area contributed by atoms with Crippen molar-refractivity contribution >= 4 is 17.3 Å². The van der Waals surface area contributed by atoms with Gasteiger partial charge in [0.25, 0.3) is 0 Å². The summed E-state index contributed by atoms with van der Waals surface area (Å²) in [6, 6.07) is 19.6. The van der Waals surface area contributed by atoms with Gasteiger partial charge in [0.2, 0.25) is 0 Å². The van der Waals surface area contributed by atoms with Crippen LogP contribution < -0.4 is 24.3 Å². The van der Waals surface area contributed by atoms with Crippen LogP contribution in [0.5, 0.6) is 23.0 Å². The highest BCUT2D eigenvalue weighted by molar-refractivity contribution is 6.32. The molecule has 0 unspecified atom stereocenters. The molecule has 0 atom stereocenters. The number of halogens is 1. The maximum absolute atomic E-state index is 6.49. The second-order valence-electron chi connectivity index (χ2n) is 6.60. The van der Waals surface area contributed by atoms with E-state index in [1.54, 1.807) is 7.11 Å². The molecule has 29 heavy (non-hydrogen) atoms. The van der Waals surface area contributed by atoms with Crippen LogP contribution in [0.25, 0.3) is 0 Å². The van der Waals surface area contributed by atoms with Crippen molar-refractivity contribution in [2.24, 2.45) is 0 Å². The van der Waals surface area contributed by atoms with Crippen molar-refractivity contribution in [3.63, 3.8) is 0 Å². The first-order valence-corrected chi connectivity index (χ1v) is 9.77. The zero-order valence-electron chi connectivity index (χ0n) is 16.1. The van der Waals surface area contributed by atoms with Gasteiger partial charge >= 0.3 is 0 Å². The second kappa shape index (κ2) is 8.97. The van der Waals surface area contributed by atoms with Crippen LogP contribution in [0.1, 0.15) is 11.1 Å². The zero-order valence-corrected chi connectivity index (χ0v) is 16.9. The maximum Gasteiger partial charge on any atom is 0.180 e. The van der Waals surface area contributed by atoms with Crippen LogP contribution in [0, 0.1) is 0 Å². The lowest BCUT2D eigenvalue weighted by Crippen LogP contribution is -2.15. The predicted molar refractivity (Wildman–Crippen MR) is 114 cm³/mol. The van der Waals surface area contributed by atoms with Gasteiger partial charge in [-0.3, -0.25) is 0 Å². The summed E-state index contributed by atoms with van der Waals surface area (Å²) < 4.78 is 22.6. The van der Waals surface area contributed by atoms with Crippen molar-refractivity contribution in [2.75, 3.05) is 25.6 Å². The minimum absolute atomic E-state index is 0.422. The van der Waals surface area contributed by atoms with Crippen LogP contribution in [0.3, 0.4) is 0 Å². The standard InChI is InChI=1S/C23H22ClNO4/c1-26-22-12-17(11-19(24)23(22)29-15-16-5-3-2-4-6-16)14-25-18-7-8-20-21(13-18)28-10-9-27-20/h2-8,11-13,25H,9-10,14-15H2,1H3. The van der Waals surface area contributed by atoms with E-state index in [9.17, 15) is 0 Å². The molecule has 1 N–H and O–H groups in total. The highest BCUT2D eigenvalue weighted by Crippen LogP contribution is 2.37. The summed E-state index contributed by atoms with van der Waals surface area (Å²) in [4.78, 5) is 0. The van der Waals surface area contributed by atoms with Crippen LogP contribution in [0.2, 0.25) is 5.02 Å². The number of rotatable bonds is 7. The molecule has 3 aromatic rings. The number of hydrogen-bond donors (Lipinski definition) is 1. The van der Waals surface area contributed by atoms with Gasteiger partial charge in [0.1, 0.15) is 19.8 Å². The van der Waals surface area contributed by atoms with E-state index < -0.39 is 0 Å². The SMILES string of the molecule is COc1cc(CNc2ccc3c(c2)OCCO3)cc(Cl)c1OCc1ccccc1. The minimum atomic E-state index is 0.422. The normalized spacial score (nSPS) is 12.3. The zero-order chi connectivity index (χ0) is 20.1. The summed E-state index contributed by atoms with van der Waals surface area (Å²) in [5.41, 5.74) is 2.98. The van der Waals surface area contributed by atoms with Crippen molar-refractivity contribution in [3.8, 4) is 23.0 Å².